The van der Waals surface area contributed by atoms with E-state index in [-0.39, 0.29) is 23.1 Å². The second-order valence-corrected chi connectivity index (χ2v) is 2.17. The molecule has 0 fully saturated rings. The zero-order valence-corrected chi connectivity index (χ0v) is 9.36. The molecule has 0 amide bonds. The first-order chi connectivity index (χ1) is 5.72. The van der Waals surface area contributed by atoms with E-state index >= 15 is 0 Å². The van der Waals surface area contributed by atoms with Crippen LogP contribution in [-0.2, 0) is 0 Å². The van der Waals surface area contributed by atoms with Crippen LogP contribution in [0.3, 0.4) is 0 Å². The fourth-order valence-electron chi connectivity index (χ4n) is 0.529. The van der Waals surface area contributed by atoms with Crippen LogP contribution in [0, 0.1) is 12.5 Å². The van der Waals surface area contributed by atoms with Gasteiger partial charge in [-0.15, -0.1) is 0 Å². The van der Waals surface area contributed by atoms with Gasteiger partial charge in [-0.05, 0) is 5.56 Å². The maximum absolute atomic E-state index is 10.2. The van der Waals surface area contributed by atoms with Gasteiger partial charge in [0.2, 0.25) is 0 Å². The summed E-state index contributed by atoms with van der Waals surface area (Å²) in [6.45, 7) is 4.00. The molecule has 1 rings (SSSR count). The Hall–Kier alpha value is -0.544. The standard InChI is InChI=1S/C7H5O2.C3H7.Mg/c8-7(9)6-4-2-1-3-5-6;1-3-2;/h2-5H,(H,8,9);3H,1-2H3;/q2*-1;+2. The van der Waals surface area contributed by atoms with Gasteiger partial charge in [-0.1, -0.05) is 0 Å². The molecule has 1 N–H and O–H groups in total. The average molecular weight is 189 g/mol. The third-order valence-electron chi connectivity index (χ3n) is 0.965. The van der Waals surface area contributed by atoms with Gasteiger partial charge in [-0.25, -0.2) is 4.79 Å². The predicted molar refractivity (Wildman–Crippen MR) is 53.6 cm³/mol. The first-order valence-corrected chi connectivity index (χ1v) is 3.65. The van der Waals surface area contributed by atoms with Crippen LogP contribution in [0.15, 0.2) is 24.3 Å². The largest absolute Gasteiger partial charge is 2.00 e. The normalized spacial score (nSPS) is 7.54. The van der Waals surface area contributed by atoms with Crippen molar-refractivity contribution >= 4 is 29.0 Å². The van der Waals surface area contributed by atoms with Gasteiger partial charge in [0.15, 0.2) is 0 Å². The quantitative estimate of drug-likeness (QED) is 0.541. The van der Waals surface area contributed by atoms with Crippen LogP contribution in [0.5, 0.6) is 0 Å². The summed E-state index contributed by atoms with van der Waals surface area (Å²) in [5, 5.41) is 8.37. The van der Waals surface area contributed by atoms with Crippen molar-refractivity contribution in [2.45, 2.75) is 13.8 Å². The molecule has 0 radical (unpaired) electrons. The summed E-state index contributed by atoms with van der Waals surface area (Å²) in [5.41, 5.74) is 0.300. The minimum absolute atomic E-state index is 0. The Morgan fingerprint density at radius 2 is 1.77 bits per heavy atom. The number of rotatable bonds is 1. The molecule has 3 heteroatoms. The van der Waals surface area contributed by atoms with E-state index in [0.29, 0.717) is 5.56 Å². The molecule has 0 heterocycles. The number of aromatic carboxylic acids is 1. The molecule has 0 spiro atoms. The molecule has 0 aliphatic heterocycles. The van der Waals surface area contributed by atoms with Gasteiger partial charge in [0.25, 0.3) is 0 Å². The third-order valence-corrected chi connectivity index (χ3v) is 0.965. The zero-order valence-electron chi connectivity index (χ0n) is 7.95. The Kier molecular flexibility index (Phi) is 11.0. The van der Waals surface area contributed by atoms with Crippen LogP contribution < -0.4 is 0 Å². The predicted octanol–water partition coefficient (Wildman–Crippen LogP) is 2.03. The third kappa shape index (κ3) is 7.81. The zero-order chi connectivity index (χ0) is 9.40. The van der Waals surface area contributed by atoms with Crippen LogP contribution in [0.1, 0.15) is 24.2 Å². The monoisotopic (exact) mass is 188 g/mol. The van der Waals surface area contributed by atoms with Crippen molar-refractivity contribution < 1.29 is 9.90 Å². The van der Waals surface area contributed by atoms with Crippen LogP contribution in [0.25, 0.3) is 0 Å². The van der Waals surface area contributed by atoms with E-state index in [1.807, 2.05) is 20.3 Å². The van der Waals surface area contributed by atoms with E-state index in [1.165, 1.54) is 12.1 Å². The Morgan fingerprint density at radius 1 is 1.38 bits per heavy atom. The number of carbonyl (C=O) groups is 1. The molecular formula is C10H12MgO2. The maximum atomic E-state index is 10.2. The van der Waals surface area contributed by atoms with Gasteiger partial charge < -0.3 is 11.5 Å². The number of hydrogen-bond acceptors (Lipinski definition) is 1. The van der Waals surface area contributed by atoms with E-state index in [0.717, 1.165) is 0 Å². The van der Waals surface area contributed by atoms with E-state index < -0.39 is 5.97 Å². The number of benzene rings is 1. The van der Waals surface area contributed by atoms with E-state index in [1.54, 1.807) is 12.1 Å². The Morgan fingerprint density at radius 3 is 2.00 bits per heavy atom. The van der Waals surface area contributed by atoms with Crippen LogP contribution in [0.4, 0.5) is 0 Å². The smallest absolute Gasteiger partial charge is 0.479 e. The Balaban J connectivity index is 0. The molecule has 0 aliphatic rings. The summed E-state index contributed by atoms with van der Waals surface area (Å²) in [5.74, 6) is -0.899. The maximum Gasteiger partial charge on any atom is 2.00 e. The number of carboxylic acids is 1. The fourth-order valence-corrected chi connectivity index (χ4v) is 0.529. The van der Waals surface area contributed by atoms with Gasteiger partial charge in [-0.2, -0.15) is 44.2 Å². The summed E-state index contributed by atoms with van der Waals surface area (Å²) in [6.07, 6.45) is 2.00. The van der Waals surface area contributed by atoms with Gasteiger partial charge in [0.05, 0.1) is 0 Å². The van der Waals surface area contributed by atoms with Crippen molar-refractivity contribution in [3.63, 3.8) is 0 Å². The van der Waals surface area contributed by atoms with Crippen molar-refractivity contribution in [3.05, 3.63) is 42.3 Å². The first-order valence-electron chi connectivity index (χ1n) is 3.65. The molecular weight excluding hydrogens is 176 g/mol. The summed E-state index contributed by atoms with van der Waals surface area (Å²) in [7, 11) is 0. The molecule has 13 heavy (non-hydrogen) atoms. The van der Waals surface area contributed by atoms with Crippen molar-refractivity contribution in [1.29, 1.82) is 0 Å². The van der Waals surface area contributed by atoms with Crippen LogP contribution in [-0.4, -0.2) is 34.1 Å². The van der Waals surface area contributed by atoms with Crippen molar-refractivity contribution in [2.24, 2.45) is 0 Å². The van der Waals surface area contributed by atoms with Gasteiger partial charge >= 0.3 is 29.0 Å². The van der Waals surface area contributed by atoms with Crippen molar-refractivity contribution in [1.82, 2.24) is 0 Å². The Labute approximate surface area is 95.1 Å². The van der Waals surface area contributed by atoms with Crippen LogP contribution >= 0.6 is 0 Å². The molecule has 0 atom stereocenters. The van der Waals surface area contributed by atoms with E-state index in [4.69, 9.17) is 5.11 Å². The minimum Gasteiger partial charge on any atom is -0.479 e. The minimum atomic E-state index is -0.899. The number of hydrogen-bond donors (Lipinski definition) is 1. The van der Waals surface area contributed by atoms with Gasteiger partial charge in [0, 0.05) is 0 Å². The molecule has 1 aromatic carbocycles. The van der Waals surface area contributed by atoms with Gasteiger partial charge in [0.1, 0.15) is 0 Å². The second kappa shape index (κ2) is 9.54. The molecule has 0 saturated carbocycles. The van der Waals surface area contributed by atoms with Crippen molar-refractivity contribution in [3.8, 4) is 0 Å². The second-order valence-electron chi connectivity index (χ2n) is 2.17. The SMILES string of the molecule is C[CH-]C.O=C(O)c1cc[c-]cc1.[Mg+2]. The molecule has 66 valence electrons. The molecule has 0 unspecified atom stereocenters. The number of carboxylic acid groups (broad SMARTS) is 1. The van der Waals surface area contributed by atoms with E-state index in [2.05, 4.69) is 6.07 Å². The summed E-state index contributed by atoms with van der Waals surface area (Å²) < 4.78 is 0. The summed E-state index contributed by atoms with van der Waals surface area (Å²) >= 11 is 0. The van der Waals surface area contributed by atoms with Crippen LogP contribution in [0.2, 0.25) is 0 Å². The molecule has 0 aliphatic carbocycles. The first kappa shape index (κ1) is 15.0. The summed E-state index contributed by atoms with van der Waals surface area (Å²) in [4.78, 5) is 10.2. The molecule has 2 nitrogen and oxygen atoms in total. The topological polar surface area (TPSA) is 37.3 Å². The van der Waals surface area contributed by atoms with E-state index in [9.17, 15) is 4.79 Å². The molecule has 0 aromatic heterocycles. The average Bonchev–Trinajstić information content (AvgIpc) is 2.07. The van der Waals surface area contributed by atoms with Gasteiger partial charge in [-0.3, -0.25) is 0 Å². The summed E-state index contributed by atoms with van der Waals surface area (Å²) in [6, 6.07) is 8.87. The van der Waals surface area contributed by atoms with Crippen molar-refractivity contribution in [2.75, 3.05) is 0 Å². The fraction of sp³-hybridized carbons (Fsp3) is 0.200. The Bertz CT molecular complexity index is 222. The molecule has 0 bridgehead atoms. The molecule has 1 aromatic rings. The molecule has 0 saturated heterocycles.